The fourth-order valence-corrected chi connectivity index (χ4v) is 2.53. The van der Waals surface area contributed by atoms with Crippen LogP contribution in [0.2, 0.25) is 0 Å². The summed E-state index contributed by atoms with van der Waals surface area (Å²) in [4.78, 5) is 16.1. The summed E-state index contributed by atoms with van der Waals surface area (Å²) in [7, 11) is 0. The van der Waals surface area contributed by atoms with Crippen LogP contribution in [0.25, 0.3) is 11.3 Å². The molecule has 0 bridgehead atoms. The summed E-state index contributed by atoms with van der Waals surface area (Å²) in [6.07, 6.45) is 3.75. The Morgan fingerprint density at radius 1 is 1.26 bits per heavy atom. The van der Waals surface area contributed by atoms with Crippen LogP contribution in [0.5, 0.6) is 0 Å². The lowest BCUT2D eigenvalue weighted by molar-refractivity contribution is -0.116. The third-order valence-corrected chi connectivity index (χ3v) is 3.59. The van der Waals surface area contributed by atoms with Crippen molar-refractivity contribution in [3.8, 4) is 11.3 Å². The number of carbonyl (C=O) groups is 1. The lowest BCUT2D eigenvalue weighted by Crippen LogP contribution is -2.10. The van der Waals surface area contributed by atoms with Crippen LogP contribution in [0.15, 0.2) is 35.7 Å². The van der Waals surface area contributed by atoms with Crippen LogP contribution >= 0.6 is 11.3 Å². The van der Waals surface area contributed by atoms with E-state index >= 15 is 0 Å². The van der Waals surface area contributed by atoms with Gasteiger partial charge in [0, 0.05) is 17.4 Å². The molecule has 0 atom stereocenters. The smallest absolute Gasteiger partial charge is 0.226 e. The number of nitrogens with one attached hydrogen (secondary N) is 1. The zero-order valence-electron chi connectivity index (χ0n) is 11.1. The Kier molecular flexibility index (Phi) is 5.10. The van der Waals surface area contributed by atoms with Crippen molar-refractivity contribution in [2.45, 2.75) is 32.6 Å². The number of rotatable bonds is 6. The molecule has 1 heterocycles. The predicted octanol–water partition coefficient (Wildman–Crippen LogP) is 4.33. The van der Waals surface area contributed by atoms with Crippen molar-refractivity contribution in [3.05, 3.63) is 35.7 Å². The maximum atomic E-state index is 11.7. The third kappa shape index (κ3) is 4.17. The Morgan fingerprint density at radius 3 is 2.79 bits per heavy atom. The summed E-state index contributed by atoms with van der Waals surface area (Å²) in [5, 5.41) is 5.51. The molecule has 100 valence electrons. The average Bonchev–Trinajstić information content (AvgIpc) is 2.88. The minimum absolute atomic E-state index is 0.0578. The minimum atomic E-state index is 0.0578. The van der Waals surface area contributed by atoms with E-state index in [2.05, 4.69) is 17.2 Å². The van der Waals surface area contributed by atoms with E-state index in [0.717, 1.165) is 30.5 Å². The van der Waals surface area contributed by atoms with Crippen LogP contribution in [-0.2, 0) is 4.79 Å². The Bertz CT molecular complexity index is 522. The zero-order valence-corrected chi connectivity index (χ0v) is 11.9. The number of hydrogen-bond donors (Lipinski definition) is 1. The highest BCUT2D eigenvalue weighted by atomic mass is 32.1. The Labute approximate surface area is 117 Å². The third-order valence-electron chi connectivity index (χ3n) is 2.83. The Balaban J connectivity index is 1.93. The standard InChI is InChI=1S/C15H18N2OS/c1-2-3-5-10-14(18)17-15-16-13(11-19-15)12-8-6-4-7-9-12/h4,6-9,11H,2-3,5,10H2,1H3,(H,16,17,18). The molecule has 0 aliphatic rings. The van der Waals surface area contributed by atoms with Crippen LogP contribution in [0.4, 0.5) is 5.13 Å². The van der Waals surface area contributed by atoms with Crippen LogP contribution in [0.3, 0.4) is 0 Å². The lowest BCUT2D eigenvalue weighted by Gasteiger charge is -2.00. The van der Waals surface area contributed by atoms with Gasteiger partial charge in [0.2, 0.25) is 5.91 Å². The van der Waals surface area contributed by atoms with Gasteiger partial charge in [-0.15, -0.1) is 11.3 Å². The van der Waals surface area contributed by atoms with Gasteiger partial charge in [-0.1, -0.05) is 50.1 Å². The molecular formula is C15H18N2OS. The monoisotopic (exact) mass is 274 g/mol. The molecule has 0 radical (unpaired) electrons. The van der Waals surface area contributed by atoms with E-state index in [9.17, 15) is 4.79 Å². The highest BCUT2D eigenvalue weighted by Crippen LogP contribution is 2.24. The van der Waals surface area contributed by atoms with Crippen LogP contribution < -0.4 is 5.32 Å². The van der Waals surface area contributed by atoms with E-state index in [1.54, 1.807) is 0 Å². The average molecular weight is 274 g/mol. The Hall–Kier alpha value is -1.68. The highest BCUT2D eigenvalue weighted by molar-refractivity contribution is 7.14. The molecule has 2 rings (SSSR count). The fraction of sp³-hybridized carbons (Fsp3) is 0.333. The largest absolute Gasteiger partial charge is 0.302 e. The maximum absolute atomic E-state index is 11.7. The molecule has 4 heteroatoms. The number of carbonyl (C=O) groups excluding carboxylic acids is 1. The summed E-state index contributed by atoms with van der Waals surface area (Å²) in [5.41, 5.74) is 1.99. The van der Waals surface area contributed by atoms with Crippen molar-refractivity contribution < 1.29 is 4.79 Å². The number of anilines is 1. The number of hydrogen-bond acceptors (Lipinski definition) is 3. The SMILES string of the molecule is CCCCCC(=O)Nc1nc(-c2ccccc2)cs1. The van der Waals surface area contributed by atoms with Crippen LogP contribution in [-0.4, -0.2) is 10.9 Å². The summed E-state index contributed by atoms with van der Waals surface area (Å²) in [6, 6.07) is 9.98. The first kappa shape index (κ1) is 13.7. The molecule has 0 aliphatic heterocycles. The second-order valence-electron chi connectivity index (χ2n) is 4.41. The second-order valence-corrected chi connectivity index (χ2v) is 5.27. The Morgan fingerprint density at radius 2 is 2.05 bits per heavy atom. The molecule has 1 aromatic heterocycles. The predicted molar refractivity (Wildman–Crippen MR) is 80.3 cm³/mol. The van der Waals surface area contributed by atoms with E-state index in [0.29, 0.717) is 11.6 Å². The first-order chi connectivity index (χ1) is 9.29. The van der Waals surface area contributed by atoms with Gasteiger partial charge in [-0.05, 0) is 6.42 Å². The van der Waals surface area contributed by atoms with E-state index < -0.39 is 0 Å². The number of amides is 1. The molecule has 0 saturated heterocycles. The van der Waals surface area contributed by atoms with Crippen molar-refractivity contribution in [2.75, 3.05) is 5.32 Å². The molecule has 0 unspecified atom stereocenters. The molecule has 2 aromatic rings. The van der Waals surface area contributed by atoms with Crippen molar-refractivity contribution in [3.63, 3.8) is 0 Å². The van der Waals surface area contributed by atoms with Gasteiger partial charge in [-0.25, -0.2) is 4.98 Å². The first-order valence-electron chi connectivity index (χ1n) is 6.60. The molecule has 0 fully saturated rings. The van der Waals surface area contributed by atoms with Gasteiger partial charge in [0.25, 0.3) is 0 Å². The molecule has 0 aliphatic carbocycles. The lowest BCUT2D eigenvalue weighted by atomic mass is 10.2. The number of unbranched alkanes of at least 4 members (excludes halogenated alkanes) is 2. The molecule has 1 N–H and O–H groups in total. The number of benzene rings is 1. The van der Waals surface area contributed by atoms with Gasteiger partial charge >= 0.3 is 0 Å². The number of nitrogens with zero attached hydrogens (tertiary/aromatic N) is 1. The number of aromatic nitrogens is 1. The zero-order chi connectivity index (χ0) is 13.5. The van der Waals surface area contributed by atoms with Gasteiger partial charge < -0.3 is 5.32 Å². The van der Waals surface area contributed by atoms with E-state index in [1.807, 2.05) is 35.7 Å². The van der Waals surface area contributed by atoms with E-state index in [4.69, 9.17) is 0 Å². The molecule has 1 aromatic carbocycles. The van der Waals surface area contributed by atoms with Gasteiger partial charge in [-0.3, -0.25) is 4.79 Å². The van der Waals surface area contributed by atoms with Crippen molar-refractivity contribution in [1.82, 2.24) is 4.98 Å². The summed E-state index contributed by atoms with van der Waals surface area (Å²) < 4.78 is 0. The molecular weight excluding hydrogens is 256 g/mol. The molecule has 1 amide bonds. The van der Waals surface area contributed by atoms with Crippen LogP contribution in [0, 0.1) is 0 Å². The van der Waals surface area contributed by atoms with Gasteiger partial charge in [0.15, 0.2) is 5.13 Å². The topological polar surface area (TPSA) is 42.0 Å². The second kappa shape index (κ2) is 7.04. The molecule has 19 heavy (non-hydrogen) atoms. The van der Waals surface area contributed by atoms with Gasteiger partial charge in [-0.2, -0.15) is 0 Å². The van der Waals surface area contributed by atoms with E-state index in [-0.39, 0.29) is 5.91 Å². The normalized spacial score (nSPS) is 10.4. The molecule has 0 saturated carbocycles. The summed E-state index contributed by atoms with van der Waals surface area (Å²) in [6.45, 7) is 2.13. The van der Waals surface area contributed by atoms with Gasteiger partial charge in [0.05, 0.1) is 5.69 Å². The number of thiazole rings is 1. The minimum Gasteiger partial charge on any atom is -0.302 e. The summed E-state index contributed by atoms with van der Waals surface area (Å²) >= 11 is 1.47. The van der Waals surface area contributed by atoms with Crippen LogP contribution in [0.1, 0.15) is 32.6 Å². The molecule has 0 spiro atoms. The van der Waals surface area contributed by atoms with E-state index in [1.165, 1.54) is 11.3 Å². The molecule has 3 nitrogen and oxygen atoms in total. The first-order valence-corrected chi connectivity index (χ1v) is 7.48. The fourth-order valence-electron chi connectivity index (χ4n) is 1.79. The van der Waals surface area contributed by atoms with Crippen molar-refractivity contribution in [2.24, 2.45) is 0 Å². The quantitative estimate of drug-likeness (QED) is 0.797. The summed E-state index contributed by atoms with van der Waals surface area (Å²) in [5.74, 6) is 0.0578. The van der Waals surface area contributed by atoms with Crippen molar-refractivity contribution in [1.29, 1.82) is 0 Å². The van der Waals surface area contributed by atoms with Gasteiger partial charge in [0.1, 0.15) is 0 Å². The van der Waals surface area contributed by atoms with Crippen molar-refractivity contribution >= 4 is 22.4 Å². The highest BCUT2D eigenvalue weighted by Gasteiger charge is 2.07. The maximum Gasteiger partial charge on any atom is 0.226 e.